The van der Waals surface area contributed by atoms with Crippen LogP contribution in [-0.2, 0) is 14.1 Å². The summed E-state index contributed by atoms with van der Waals surface area (Å²) in [6.07, 6.45) is 0. The molecule has 0 atom stereocenters. The number of hydrogen-bond donors (Lipinski definition) is 0. The van der Waals surface area contributed by atoms with Crippen molar-refractivity contribution < 1.29 is 0 Å². The van der Waals surface area contributed by atoms with Crippen molar-refractivity contribution in [2.45, 2.75) is 0 Å². The average molecular weight is 651 g/mol. The van der Waals surface area contributed by atoms with Gasteiger partial charge in [0.05, 0.1) is 22.4 Å². The first-order valence-corrected chi connectivity index (χ1v) is 17.1. The van der Waals surface area contributed by atoms with E-state index in [4.69, 9.17) is 9.97 Å². The molecule has 0 spiro atoms. The van der Waals surface area contributed by atoms with Gasteiger partial charge in [-0.2, -0.15) is 0 Å². The van der Waals surface area contributed by atoms with Crippen molar-refractivity contribution in [3.63, 3.8) is 0 Å². The molecular weight excluding hydrogens is 621 g/mol. The second kappa shape index (κ2) is 11.5. The molecule has 9 rings (SSSR count). The molecule has 9 aromatic rings. The zero-order chi connectivity index (χ0) is 33.1. The topological polar surface area (TPSA) is 52.7 Å². The molecule has 0 unspecified atom stereocenters. The number of nitrogens with zero attached hydrogens (tertiary/aromatic N) is 4. The molecule has 0 N–H and O–H groups in total. The second-order valence-corrected chi connectivity index (χ2v) is 13.5. The van der Waals surface area contributed by atoms with Gasteiger partial charge in [-0.05, 0) is 64.7 Å². The molecule has 6 aromatic carbocycles. The lowest BCUT2D eigenvalue weighted by atomic mass is 9.96. The van der Waals surface area contributed by atoms with Gasteiger partial charge in [-0.3, -0.25) is 9.13 Å². The molecule has 3 aromatic heterocycles. The normalized spacial score (nSPS) is 11.6. The van der Waals surface area contributed by atoms with Crippen LogP contribution in [0.15, 0.2) is 150 Å². The van der Waals surface area contributed by atoms with E-state index in [2.05, 4.69) is 121 Å². The lowest BCUT2D eigenvalue weighted by Gasteiger charge is -2.12. The summed E-state index contributed by atoms with van der Waals surface area (Å²) >= 11 is 1.84. The Hall–Kier alpha value is -6.11. The van der Waals surface area contributed by atoms with Gasteiger partial charge in [0.25, 0.3) is 0 Å². The van der Waals surface area contributed by atoms with E-state index in [0.717, 1.165) is 55.8 Å². The molecule has 3 heterocycles. The first kappa shape index (κ1) is 29.1. The van der Waals surface area contributed by atoms with Crippen LogP contribution in [0.3, 0.4) is 0 Å². The third kappa shape index (κ3) is 4.96. The van der Waals surface area contributed by atoms with Gasteiger partial charge < -0.3 is 0 Å². The van der Waals surface area contributed by atoms with Crippen LogP contribution in [0.4, 0.5) is 0 Å². The van der Waals surface area contributed by atoms with Crippen molar-refractivity contribution in [1.82, 2.24) is 19.1 Å². The largest absolute Gasteiger partial charge is 0.328 e. The summed E-state index contributed by atoms with van der Waals surface area (Å²) in [6, 6.07) is 50.8. The van der Waals surface area contributed by atoms with E-state index in [0.29, 0.717) is 5.82 Å². The molecule has 49 heavy (non-hydrogen) atoms. The van der Waals surface area contributed by atoms with Crippen LogP contribution in [0.5, 0.6) is 0 Å². The molecule has 0 radical (unpaired) electrons. The third-order valence-corrected chi connectivity index (χ3v) is 10.5. The summed E-state index contributed by atoms with van der Waals surface area (Å²) in [5, 5.41) is 2.58. The van der Waals surface area contributed by atoms with Crippen LogP contribution in [0.2, 0.25) is 0 Å². The third-order valence-electron chi connectivity index (χ3n) is 9.39. The SMILES string of the molecule is Cn1c(=O)n(C)c2cc(-c3cccc(-c4cc(-c5cccc(-c6cccc7sc8ccccc8c67)c5)nc(-c5ccccc5)n4)c3)ccc21. The van der Waals surface area contributed by atoms with Gasteiger partial charge in [0.1, 0.15) is 0 Å². The van der Waals surface area contributed by atoms with E-state index in [-0.39, 0.29) is 5.69 Å². The Labute approximate surface area is 287 Å². The Morgan fingerprint density at radius 3 is 1.88 bits per heavy atom. The minimum atomic E-state index is -0.0349. The minimum absolute atomic E-state index is 0.0349. The van der Waals surface area contributed by atoms with Crippen LogP contribution in [0.25, 0.3) is 87.4 Å². The van der Waals surface area contributed by atoms with E-state index >= 15 is 0 Å². The smallest absolute Gasteiger partial charge is 0.295 e. The summed E-state index contributed by atoms with van der Waals surface area (Å²) in [4.78, 5) is 22.8. The van der Waals surface area contributed by atoms with Crippen LogP contribution in [-0.4, -0.2) is 19.1 Å². The van der Waals surface area contributed by atoms with E-state index in [9.17, 15) is 4.79 Å². The Morgan fingerprint density at radius 2 is 1.08 bits per heavy atom. The zero-order valence-corrected chi connectivity index (χ0v) is 27.8. The van der Waals surface area contributed by atoms with Crippen LogP contribution in [0, 0.1) is 0 Å². The van der Waals surface area contributed by atoms with Crippen LogP contribution in [0.1, 0.15) is 0 Å². The summed E-state index contributed by atoms with van der Waals surface area (Å²) in [6.45, 7) is 0. The second-order valence-electron chi connectivity index (χ2n) is 12.4. The van der Waals surface area contributed by atoms with E-state index < -0.39 is 0 Å². The highest BCUT2D eigenvalue weighted by Gasteiger charge is 2.15. The van der Waals surface area contributed by atoms with Gasteiger partial charge in [-0.15, -0.1) is 11.3 Å². The van der Waals surface area contributed by atoms with Gasteiger partial charge >= 0.3 is 5.69 Å². The van der Waals surface area contributed by atoms with Gasteiger partial charge in [-0.25, -0.2) is 14.8 Å². The lowest BCUT2D eigenvalue weighted by Crippen LogP contribution is -2.19. The van der Waals surface area contributed by atoms with E-state index in [1.807, 2.05) is 49.7 Å². The summed E-state index contributed by atoms with van der Waals surface area (Å²) in [7, 11) is 3.62. The number of aryl methyl sites for hydroxylation is 2. The molecule has 0 fully saturated rings. The number of hydrogen-bond acceptors (Lipinski definition) is 4. The lowest BCUT2D eigenvalue weighted by molar-refractivity contribution is 0.795. The van der Waals surface area contributed by atoms with Crippen LogP contribution >= 0.6 is 11.3 Å². The first-order chi connectivity index (χ1) is 24.0. The van der Waals surface area contributed by atoms with E-state index in [1.165, 1.54) is 25.7 Å². The Bertz CT molecular complexity index is 2770. The molecule has 0 aliphatic carbocycles. The Balaban J connectivity index is 1.18. The fraction of sp³-hybridized carbons (Fsp3) is 0.0465. The Morgan fingerprint density at radius 1 is 0.490 bits per heavy atom. The molecule has 234 valence electrons. The van der Waals surface area contributed by atoms with Gasteiger partial charge in [0.2, 0.25) is 0 Å². The maximum absolute atomic E-state index is 12.6. The highest BCUT2D eigenvalue weighted by Crippen LogP contribution is 2.41. The fourth-order valence-electron chi connectivity index (χ4n) is 6.87. The number of rotatable bonds is 5. The van der Waals surface area contributed by atoms with Crippen molar-refractivity contribution in [2.75, 3.05) is 0 Å². The molecule has 0 aliphatic rings. The van der Waals surface area contributed by atoms with Crippen molar-refractivity contribution >= 4 is 42.5 Å². The molecule has 0 saturated carbocycles. The highest BCUT2D eigenvalue weighted by molar-refractivity contribution is 7.25. The summed E-state index contributed by atoms with van der Waals surface area (Å²) in [5.41, 5.74) is 10.9. The van der Waals surface area contributed by atoms with E-state index in [1.54, 1.807) is 9.13 Å². The minimum Gasteiger partial charge on any atom is -0.295 e. The fourth-order valence-corrected chi connectivity index (χ4v) is 8.00. The predicted molar refractivity (Wildman–Crippen MR) is 204 cm³/mol. The van der Waals surface area contributed by atoms with Gasteiger partial charge in [0, 0.05) is 51.0 Å². The molecule has 6 heteroatoms. The number of fused-ring (bicyclic) bond motifs is 4. The maximum atomic E-state index is 12.6. The maximum Gasteiger partial charge on any atom is 0.328 e. The number of benzene rings is 6. The summed E-state index contributed by atoms with van der Waals surface area (Å²) < 4.78 is 5.96. The first-order valence-electron chi connectivity index (χ1n) is 16.2. The average Bonchev–Trinajstić information content (AvgIpc) is 3.65. The molecule has 0 aliphatic heterocycles. The standard InChI is InChI=1S/C43H30N4OS/c1-46-37-22-21-29(25-38(37)47(2)43(46)48)28-13-8-15-31(23-28)35-26-36(45-42(44-35)27-11-4-3-5-12-27)32-16-9-14-30(24-32)33-18-10-20-40-41(33)34-17-6-7-19-39(34)49-40/h3-26H,1-2H3. The Kier molecular flexibility index (Phi) is 6.85. The van der Waals surface area contributed by atoms with Crippen LogP contribution < -0.4 is 5.69 Å². The number of thiophene rings is 1. The molecule has 5 nitrogen and oxygen atoms in total. The molecule has 0 saturated heterocycles. The van der Waals surface area contributed by atoms with Gasteiger partial charge in [-0.1, -0.05) is 103 Å². The molecule has 0 bridgehead atoms. The quantitative estimate of drug-likeness (QED) is 0.186. The monoisotopic (exact) mass is 650 g/mol. The number of aromatic nitrogens is 4. The van der Waals surface area contributed by atoms with Crippen molar-refractivity contribution in [1.29, 1.82) is 0 Å². The van der Waals surface area contributed by atoms with Crippen molar-refractivity contribution in [2.24, 2.45) is 14.1 Å². The highest BCUT2D eigenvalue weighted by atomic mass is 32.1. The summed E-state index contributed by atoms with van der Waals surface area (Å²) in [5.74, 6) is 0.676. The predicted octanol–water partition coefficient (Wildman–Crippen LogP) is 10.4. The molecular formula is C43H30N4OS. The number of imidazole rings is 1. The van der Waals surface area contributed by atoms with Crippen molar-refractivity contribution in [3.05, 3.63) is 156 Å². The zero-order valence-electron chi connectivity index (χ0n) is 27.0. The van der Waals surface area contributed by atoms with Gasteiger partial charge in [0.15, 0.2) is 5.82 Å². The molecule has 0 amide bonds. The van der Waals surface area contributed by atoms with Crippen molar-refractivity contribution in [3.8, 4) is 56.2 Å².